The maximum Gasteiger partial charge on any atom is 0.283 e. The van der Waals surface area contributed by atoms with E-state index < -0.39 is 8.38 Å². The van der Waals surface area contributed by atoms with Crippen LogP contribution in [0.3, 0.4) is 0 Å². The zero-order valence-electron chi connectivity index (χ0n) is 12.1. The third kappa shape index (κ3) is 4.71. The van der Waals surface area contributed by atoms with Gasteiger partial charge in [0.2, 0.25) is 5.91 Å². The monoisotopic (exact) mass is 287 g/mol. The average molecular weight is 287 g/mol. The number of rotatable bonds is 6. The first-order chi connectivity index (χ1) is 8.86. The van der Waals surface area contributed by atoms with Gasteiger partial charge in [-0.15, -0.1) is 0 Å². The van der Waals surface area contributed by atoms with Crippen molar-refractivity contribution in [3.8, 4) is 0 Å². The smallest absolute Gasteiger partial charge is 0.283 e. The van der Waals surface area contributed by atoms with E-state index >= 15 is 0 Å². The highest BCUT2D eigenvalue weighted by Crippen LogP contribution is 2.38. The summed E-state index contributed by atoms with van der Waals surface area (Å²) in [6.45, 7) is 8.37. The number of amides is 1. The van der Waals surface area contributed by atoms with Gasteiger partial charge in [-0.25, -0.2) is 0 Å². The van der Waals surface area contributed by atoms with Crippen LogP contribution in [0, 0.1) is 5.92 Å². The van der Waals surface area contributed by atoms with Gasteiger partial charge in [-0.2, -0.15) is 0 Å². The number of carbonyl (C=O) groups excluding carboxylic acids is 1. The lowest BCUT2D eigenvalue weighted by Gasteiger charge is -2.27. The third-order valence-corrected chi connectivity index (χ3v) is 4.48. The van der Waals surface area contributed by atoms with E-state index in [-0.39, 0.29) is 29.6 Å². The van der Waals surface area contributed by atoms with E-state index in [1.165, 1.54) is 0 Å². The quantitative estimate of drug-likeness (QED) is 0.593. The van der Waals surface area contributed by atoms with Crippen molar-refractivity contribution in [3.63, 3.8) is 0 Å². The molecule has 0 aliphatic carbocycles. The maximum absolute atomic E-state index is 12.1. The topological polar surface area (TPSA) is 59.0 Å². The van der Waals surface area contributed by atoms with Crippen LogP contribution in [0.1, 0.15) is 34.1 Å². The van der Waals surface area contributed by atoms with Gasteiger partial charge < -0.3 is 19.0 Å². The van der Waals surface area contributed by atoms with Crippen LogP contribution >= 0.6 is 8.38 Å². The van der Waals surface area contributed by atoms with E-state index in [9.17, 15) is 9.69 Å². The molecule has 1 aliphatic rings. The Bertz CT molecular complexity index is 303. The second-order valence-corrected chi connectivity index (χ2v) is 7.38. The first-order valence-corrected chi connectivity index (χ1v) is 7.92. The van der Waals surface area contributed by atoms with E-state index in [2.05, 4.69) is 0 Å². The molecule has 5 nitrogen and oxygen atoms in total. The molecule has 0 saturated carbocycles. The van der Waals surface area contributed by atoms with Crippen molar-refractivity contribution in [3.05, 3.63) is 0 Å². The number of hydrogen-bond acceptors (Lipinski definition) is 4. The van der Waals surface area contributed by atoms with Gasteiger partial charge >= 0.3 is 0 Å². The molecule has 0 aromatic rings. The summed E-state index contributed by atoms with van der Waals surface area (Å²) < 4.78 is 10.3. The van der Waals surface area contributed by atoms with Crippen molar-refractivity contribution in [2.24, 2.45) is 5.92 Å². The average Bonchev–Trinajstić information content (AvgIpc) is 2.77. The Morgan fingerprint density at radius 1 is 1.47 bits per heavy atom. The largest absolute Gasteiger partial charge is 0.443 e. The van der Waals surface area contributed by atoms with Crippen LogP contribution in [0.25, 0.3) is 0 Å². The molecule has 0 aromatic carbocycles. The van der Waals surface area contributed by atoms with Crippen molar-refractivity contribution in [1.82, 2.24) is 4.90 Å². The molecule has 19 heavy (non-hydrogen) atoms. The minimum absolute atomic E-state index is 0.0694. The van der Waals surface area contributed by atoms with Crippen LogP contribution in [-0.4, -0.2) is 54.7 Å². The molecule has 108 valence electrons. The number of carbonyl (C=O) groups is 1. The maximum atomic E-state index is 12.1. The van der Waals surface area contributed by atoms with E-state index in [4.69, 9.17) is 17.2 Å². The lowest BCUT2D eigenvalue weighted by atomic mass is 10.1. The summed E-state index contributed by atoms with van der Waals surface area (Å²) in [5, 5.41) is 0. The molecule has 7 heteroatoms. The van der Waals surface area contributed by atoms with Crippen molar-refractivity contribution >= 4 is 22.3 Å². The molecule has 1 amide bonds. The minimum atomic E-state index is -1.44. The Balaban J connectivity index is 2.59. The van der Waals surface area contributed by atoms with Crippen LogP contribution in [0.15, 0.2) is 0 Å². The normalized spacial score (nSPS) is 25.3. The first kappa shape index (κ1) is 16.9. The molecule has 3 unspecified atom stereocenters. The Kier molecular flexibility index (Phi) is 6.74. The Labute approximate surface area is 118 Å². The van der Waals surface area contributed by atoms with Gasteiger partial charge in [-0.1, -0.05) is 27.7 Å². The zero-order chi connectivity index (χ0) is 14.6. The van der Waals surface area contributed by atoms with Gasteiger partial charge in [-0.05, 0) is 6.42 Å². The van der Waals surface area contributed by atoms with Crippen LogP contribution in [-0.2, 0) is 14.0 Å². The predicted molar refractivity (Wildman–Crippen MR) is 75.8 cm³/mol. The fraction of sp³-hybridized carbons (Fsp3) is 0.917. The molecular weight excluding hydrogens is 264 g/mol. The lowest BCUT2D eigenvalue weighted by molar-refractivity contribution is -0.136. The van der Waals surface area contributed by atoms with Gasteiger partial charge in [0.15, 0.2) is 8.38 Å². The summed E-state index contributed by atoms with van der Waals surface area (Å²) in [6, 6.07) is -0.0700. The molecule has 3 atom stereocenters. The summed E-state index contributed by atoms with van der Waals surface area (Å²) in [4.78, 5) is 23.6. The molecule has 0 spiro atoms. The zero-order valence-corrected chi connectivity index (χ0v) is 13.0. The van der Waals surface area contributed by atoms with Crippen LogP contribution in [0.4, 0.5) is 0 Å². The molecule has 1 saturated heterocycles. The summed E-state index contributed by atoms with van der Waals surface area (Å²) in [7, 11) is 3.78. The minimum Gasteiger partial charge on any atom is -0.443 e. The highest BCUT2D eigenvalue weighted by molar-refractivity contribution is 7.46. The van der Waals surface area contributed by atoms with Crippen LogP contribution < -0.4 is 0 Å². The fourth-order valence-corrected chi connectivity index (χ4v) is 2.67. The van der Waals surface area contributed by atoms with Gasteiger partial charge in [0.1, 0.15) is 0 Å². The Morgan fingerprint density at radius 3 is 2.58 bits per heavy atom. The van der Waals surface area contributed by atoms with E-state index in [1.807, 2.05) is 27.7 Å². The molecular formula is C12H23BNO4P. The van der Waals surface area contributed by atoms with Crippen molar-refractivity contribution in [2.45, 2.75) is 51.9 Å². The van der Waals surface area contributed by atoms with E-state index in [0.717, 1.165) is 0 Å². The van der Waals surface area contributed by atoms with Gasteiger partial charge in [0.25, 0.3) is 8.05 Å². The number of hydrogen-bond donors (Lipinski definition) is 1. The molecule has 0 aromatic heterocycles. The van der Waals surface area contributed by atoms with E-state index in [0.29, 0.717) is 19.6 Å². The molecule has 0 bridgehead atoms. The van der Waals surface area contributed by atoms with Gasteiger partial charge in [0.05, 0.1) is 18.8 Å². The first-order valence-electron chi connectivity index (χ1n) is 6.63. The Morgan fingerprint density at radius 2 is 2.11 bits per heavy atom. The van der Waals surface area contributed by atoms with Crippen molar-refractivity contribution in [2.75, 3.05) is 13.2 Å². The van der Waals surface area contributed by atoms with Crippen LogP contribution in [0.5, 0.6) is 0 Å². The SMILES string of the molecule is [B]OC1CC(COP(O)C(C)C)N(C(=O)C(C)C)C1. The summed E-state index contributed by atoms with van der Waals surface area (Å²) >= 11 is 0. The standard InChI is InChI=1S/C12H23BNO4P/c1-8(2)12(15)14-6-11(18-13)5-10(14)7-17-19(16)9(3)4/h8-11,16H,5-7H2,1-4H3. The highest BCUT2D eigenvalue weighted by Gasteiger charge is 2.36. The van der Waals surface area contributed by atoms with Crippen molar-refractivity contribution < 1.29 is 18.9 Å². The molecule has 1 heterocycles. The molecule has 1 N–H and O–H groups in total. The lowest BCUT2D eigenvalue weighted by Crippen LogP contribution is -2.40. The van der Waals surface area contributed by atoms with E-state index in [1.54, 1.807) is 4.90 Å². The third-order valence-electron chi connectivity index (χ3n) is 3.19. The molecule has 1 aliphatic heterocycles. The predicted octanol–water partition coefficient (Wildman–Crippen LogP) is 1.44. The summed E-state index contributed by atoms with van der Waals surface area (Å²) in [6.07, 6.45) is 0.497. The molecule has 1 rings (SSSR count). The molecule has 2 radical (unpaired) electrons. The van der Waals surface area contributed by atoms with Crippen LogP contribution in [0.2, 0.25) is 0 Å². The summed E-state index contributed by atoms with van der Waals surface area (Å²) in [5.74, 6) is -0.000254. The van der Waals surface area contributed by atoms with Gasteiger partial charge in [-0.3, -0.25) is 4.79 Å². The second-order valence-electron chi connectivity index (χ2n) is 5.48. The summed E-state index contributed by atoms with van der Waals surface area (Å²) in [5.41, 5.74) is 0.0900. The second kappa shape index (κ2) is 7.58. The number of likely N-dealkylation sites (tertiary alicyclic amines) is 1. The fourth-order valence-electron chi connectivity index (χ4n) is 2.04. The number of nitrogens with zero attached hydrogens (tertiary/aromatic N) is 1. The van der Waals surface area contributed by atoms with Crippen molar-refractivity contribution in [1.29, 1.82) is 0 Å². The van der Waals surface area contributed by atoms with Gasteiger partial charge in [0, 0.05) is 18.1 Å². The highest BCUT2D eigenvalue weighted by atomic mass is 31.2. The Hall–Kier alpha value is -0.155. The molecule has 1 fully saturated rings.